The van der Waals surface area contributed by atoms with Crippen LogP contribution in [0.25, 0.3) is 0 Å². The number of rotatable bonds is 4. The van der Waals surface area contributed by atoms with E-state index < -0.39 is 0 Å². The topological polar surface area (TPSA) is 37.4 Å². The SMILES string of the molecule is C=CC1CC(C=C)C2C(=O)N(Cc3ccccc3)C(=O)C12.CC.CC. The second-order valence-electron chi connectivity index (χ2n) is 5.83. The zero-order valence-electron chi connectivity index (χ0n) is 15.9. The van der Waals surface area contributed by atoms with Gasteiger partial charge in [0.1, 0.15) is 0 Å². The highest BCUT2D eigenvalue weighted by molar-refractivity contribution is 6.06. The Hall–Kier alpha value is -2.16. The smallest absolute Gasteiger partial charge is 0.234 e. The molecule has 25 heavy (non-hydrogen) atoms. The number of hydrogen-bond donors (Lipinski definition) is 0. The first kappa shape index (κ1) is 20.9. The molecule has 1 aromatic carbocycles. The van der Waals surface area contributed by atoms with Crippen LogP contribution in [-0.2, 0) is 16.1 Å². The van der Waals surface area contributed by atoms with Gasteiger partial charge in [0.25, 0.3) is 0 Å². The normalized spacial score (nSPS) is 26.8. The minimum absolute atomic E-state index is 0.0527. The van der Waals surface area contributed by atoms with E-state index in [4.69, 9.17) is 0 Å². The molecular weight excluding hydrogens is 310 g/mol. The second kappa shape index (κ2) is 9.97. The Balaban J connectivity index is 0.000000730. The second-order valence-corrected chi connectivity index (χ2v) is 5.83. The van der Waals surface area contributed by atoms with Crippen molar-refractivity contribution >= 4 is 11.8 Å². The van der Waals surface area contributed by atoms with Crippen molar-refractivity contribution in [3.63, 3.8) is 0 Å². The molecule has 4 unspecified atom stereocenters. The van der Waals surface area contributed by atoms with Crippen LogP contribution in [0.15, 0.2) is 55.6 Å². The van der Waals surface area contributed by atoms with Crippen LogP contribution in [0.2, 0.25) is 0 Å². The minimum Gasteiger partial charge on any atom is -0.278 e. The molecule has 136 valence electrons. The lowest BCUT2D eigenvalue weighted by atomic mass is 9.89. The van der Waals surface area contributed by atoms with Crippen molar-refractivity contribution in [1.82, 2.24) is 4.90 Å². The van der Waals surface area contributed by atoms with Gasteiger partial charge in [-0.25, -0.2) is 0 Å². The lowest BCUT2D eigenvalue weighted by Gasteiger charge is -2.18. The summed E-state index contributed by atoms with van der Waals surface area (Å²) in [5.74, 6) is -0.444. The average Bonchev–Trinajstić information content (AvgIpc) is 3.17. The number of likely N-dealkylation sites (tertiary alicyclic amines) is 1. The van der Waals surface area contributed by atoms with Gasteiger partial charge >= 0.3 is 0 Å². The largest absolute Gasteiger partial charge is 0.278 e. The van der Waals surface area contributed by atoms with Crippen molar-refractivity contribution in [3.05, 3.63) is 61.2 Å². The van der Waals surface area contributed by atoms with Crippen LogP contribution in [0, 0.1) is 23.7 Å². The molecule has 4 atom stereocenters. The van der Waals surface area contributed by atoms with Gasteiger partial charge in [0.15, 0.2) is 0 Å². The van der Waals surface area contributed by atoms with Crippen LogP contribution in [-0.4, -0.2) is 16.7 Å². The van der Waals surface area contributed by atoms with Gasteiger partial charge in [0.05, 0.1) is 18.4 Å². The number of carbonyl (C=O) groups excluding carboxylic acids is 2. The Morgan fingerprint density at radius 1 is 0.920 bits per heavy atom. The maximum absolute atomic E-state index is 12.7. The van der Waals surface area contributed by atoms with Crippen LogP contribution < -0.4 is 0 Å². The van der Waals surface area contributed by atoms with Crippen LogP contribution in [0.3, 0.4) is 0 Å². The Morgan fingerprint density at radius 3 is 1.76 bits per heavy atom. The average molecular weight is 341 g/mol. The first-order chi connectivity index (χ1) is 12.2. The number of imide groups is 1. The fraction of sp³-hybridized carbons (Fsp3) is 0.455. The molecule has 0 radical (unpaired) electrons. The van der Waals surface area contributed by atoms with Crippen LogP contribution in [0.4, 0.5) is 0 Å². The van der Waals surface area contributed by atoms with Crippen LogP contribution in [0.1, 0.15) is 39.7 Å². The summed E-state index contributed by atoms with van der Waals surface area (Å²) >= 11 is 0. The summed E-state index contributed by atoms with van der Waals surface area (Å²) in [5.41, 5.74) is 0.976. The van der Waals surface area contributed by atoms with E-state index in [0.29, 0.717) is 6.54 Å². The van der Waals surface area contributed by atoms with E-state index in [0.717, 1.165) is 12.0 Å². The number of allylic oxidation sites excluding steroid dienone is 2. The lowest BCUT2D eigenvalue weighted by Crippen LogP contribution is -2.32. The molecule has 1 saturated heterocycles. The zero-order valence-corrected chi connectivity index (χ0v) is 15.9. The third-order valence-electron chi connectivity index (χ3n) is 4.75. The molecule has 2 amide bonds. The highest BCUT2D eigenvalue weighted by Crippen LogP contribution is 2.48. The quantitative estimate of drug-likeness (QED) is 0.580. The molecule has 2 aliphatic rings. The first-order valence-corrected chi connectivity index (χ1v) is 9.31. The van der Waals surface area contributed by atoms with Gasteiger partial charge in [-0.1, -0.05) is 70.2 Å². The van der Waals surface area contributed by atoms with E-state index in [-0.39, 0.29) is 35.5 Å². The van der Waals surface area contributed by atoms with E-state index in [1.54, 1.807) is 0 Å². The van der Waals surface area contributed by atoms with Crippen LogP contribution >= 0.6 is 0 Å². The number of nitrogens with zero attached hydrogens (tertiary/aromatic N) is 1. The maximum atomic E-state index is 12.7. The molecular formula is C22H31NO2. The molecule has 1 aliphatic carbocycles. The van der Waals surface area contributed by atoms with E-state index in [1.807, 2.05) is 70.2 Å². The standard InChI is InChI=1S/C18H19NO2.2C2H6/c1-3-13-10-14(4-2)16-15(13)17(20)19(18(16)21)11-12-8-6-5-7-9-12;2*1-2/h3-9,13-16H,1-2,10-11H2;2*1-2H3. The monoisotopic (exact) mass is 341 g/mol. The molecule has 1 aromatic rings. The third-order valence-corrected chi connectivity index (χ3v) is 4.75. The van der Waals surface area contributed by atoms with Crippen LogP contribution in [0.5, 0.6) is 0 Å². The summed E-state index contributed by atoms with van der Waals surface area (Å²) in [7, 11) is 0. The summed E-state index contributed by atoms with van der Waals surface area (Å²) in [4.78, 5) is 26.7. The molecule has 1 saturated carbocycles. The highest BCUT2D eigenvalue weighted by atomic mass is 16.2. The molecule has 3 nitrogen and oxygen atoms in total. The molecule has 3 heteroatoms. The summed E-state index contributed by atoms with van der Waals surface area (Å²) in [6.07, 6.45) is 4.44. The molecule has 0 bridgehead atoms. The fourth-order valence-corrected chi connectivity index (χ4v) is 3.69. The zero-order chi connectivity index (χ0) is 19.0. The van der Waals surface area contributed by atoms with E-state index in [2.05, 4.69) is 13.2 Å². The molecule has 0 N–H and O–H groups in total. The van der Waals surface area contributed by atoms with Crippen molar-refractivity contribution in [2.24, 2.45) is 23.7 Å². The fourth-order valence-electron chi connectivity index (χ4n) is 3.69. The maximum Gasteiger partial charge on any atom is 0.234 e. The van der Waals surface area contributed by atoms with Crippen molar-refractivity contribution in [2.75, 3.05) is 0 Å². The number of amides is 2. The van der Waals surface area contributed by atoms with Gasteiger partial charge in [-0.15, -0.1) is 13.2 Å². The molecule has 3 rings (SSSR count). The van der Waals surface area contributed by atoms with Gasteiger partial charge in [-0.05, 0) is 23.8 Å². The van der Waals surface area contributed by atoms with Gasteiger partial charge in [0, 0.05) is 0 Å². The Labute approximate surface area is 152 Å². The molecule has 2 fully saturated rings. The van der Waals surface area contributed by atoms with Crippen molar-refractivity contribution in [2.45, 2.75) is 40.7 Å². The van der Waals surface area contributed by atoms with Gasteiger partial charge in [-0.3, -0.25) is 14.5 Å². The van der Waals surface area contributed by atoms with E-state index >= 15 is 0 Å². The van der Waals surface area contributed by atoms with E-state index in [1.165, 1.54) is 4.90 Å². The number of hydrogen-bond acceptors (Lipinski definition) is 2. The van der Waals surface area contributed by atoms with Gasteiger partial charge < -0.3 is 0 Å². The summed E-state index contributed by atoms with van der Waals surface area (Å²) in [6, 6.07) is 9.63. The highest BCUT2D eigenvalue weighted by Gasteiger charge is 2.56. The van der Waals surface area contributed by atoms with Crippen molar-refractivity contribution in [3.8, 4) is 0 Å². The van der Waals surface area contributed by atoms with Crippen molar-refractivity contribution in [1.29, 1.82) is 0 Å². The lowest BCUT2D eigenvalue weighted by molar-refractivity contribution is -0.141. The summed E-state index contributed by atoms with van der Waals surface area (Å²) in [5, 5.41) is 0. The van der Waals surface area contributed by atoms with Crippen molar-refractivity contribution < 1.29 is 9.59 Å². The molecule has 1 heterocycles. The van der Waals surface area contributed by atoms with Gasteiger partial charge in [-0.2, -0.15) is 0 Å². The summed E-state index contributed by atoms with van der Waals surface area (Å²) in [6.45, 7) is 16.0. The first-order valence-electron chi connectivity index (χ1n) is 9.31. The minimum atomic E-state index is -0.248. The number of fused-ring (bicyclic) bond motifs is 1. The van der Waals surface area contributed by atoms with Gasteiger partial charge in [0.2, 0.25) is 11.8 Å². The third kappa shape index (κ3) is 4.09. The Morgan fingerprint density at radius 2 is 1.36 bits per heavy atom. The number of benzene rings is 1. The molecule has 0 spiro atoms. The van der Waals surface area contributed by atoms with E-state index in [9.17, 15) is 9.59 Å². The molecule has 1 aliphatic heterocycles. The Bertz CT molecular complexity index is 561. The predicted molar refractivity (Wildman–Crippen MR) is 104 cm³/mol. The predicted octanol–water partition coefficient (Wildman–Crippen LogP) is 4.85. The summed E-state index contributed by atoms with van der Waals surface area (Å²) < 4.78 is 0. The number of carbonyl (C=O) groups is 2. The molecule has 0 aromatic heterocycles. The Kier molecular flexibility index (Phi) is 8.33.